The molecule has 1 atom stereocenters. The number of thiocarbonyl (C=S) groups is 1. The fraction of sp³-hybridized carbons (Fsp3) is 0.154. The van der Waals surface area contributed by atoms with Crippen molar-refractivity contribution in [3.8, 4) is 0 Å². The standard InChI is InChI=1S/C13H14N4O2S/c18-12(19)11(6-10-7-14-8-15-10)17-13(20)16-9-4-2-1-3-5-9/h1-5,7-8,11H,6H2,(H,14,15)(H,18,19)(H2,16,17,20). The Morgan fingerprint density at radius 2 is 2.15 bits per heavy atom. The van der Waals surface area contributed by atoms with Gasteiger partial charge in [0.1, 0.15) is 11.9 Å². The van der Waals surface area contributed by atoms with Crippen LogP contribution in [0.2, 0.25) is 0 Å². The molecule has 104 valence electrons. The molecule has 0 saturated heterocycles. The third-order valence-electron chi connectivity index (χ3n) is 2.64. The summed E-state index contributed by atoms with van der Waals surface area (Å²) in [5, 5.41) is 17.0. The van der Waals surface area contributed by atoms with Gasteiger partial charge in [0.15, 0.2) is 5.11 Å². The van der Waals surface area contributed by atoms with Gasteiger partial charge >= 0.3 is 0 Å². The van der Waals surface area contributed by atoms with Gasteiger partial charge in [-0.15, -0.1) is 0 Å². The van der Waals surface area contributed by atoms with E-state index in [-0.39, 0.29) is 11.5 Å². The molecule has 0 aliphatic heterocycles. The molecule has 1 unspecified atom stereocenters. The number of nitrogens with one attached hydrogen (secondary N) is 4. The molecule has 2 rings (SSSR count). The van der Waals surface area contributed by atoms with Crippen LogP contribution in [0.25, 0.3) is 0 Å². The average Bonchev–Trinajstić information content (AvgIpc) is 2.92. The zero-order valence-electron chi connectivity index (χ0n) is 10.6. The zero-order valence-corrected chi connectivity index (χ0v) is 11.4. The number of aromatic nitrogens is 2. The Morgan fingerprint density at radius 1 is 1.40 bits per heavy atom. The molecular weight excluding hydrogens is 276 g/mol. The molecule has 1 heterocycles. The molecular formula is C13H14N4O2S. The Hall–Kier alpha value is -2.41. The third-order valence-corrected chi connectivity index (χ3v) is 2.86. The molecule has 0 radical (unpaired) electrons. The van der Waals surface area contributed by atoms with Gasteiger partial charge in [-0.25, -0.2) is 4.98 Å². The van der Waals surface area contributed by atoms with E-state index in [1.807, 2.05) is 30.3 Å². The highest BCUT2D eigenvalue weighted by Gasteiger charge is 2.15. The van der Waals surface area contributed by atoms with Gasteiger partial charge in [-0.1, -0.05) is 18.2 Å². The predicted octanol–water partition coefficient (Wildman–Crippen LogP) is -0.524. The van der Waals surface area contributed by atoms with E-state index in [1.165, 1.54) is 0 Å². The lowest BCUT2D eigenvalue weighted by atomic mass is 10.2. The smallest absolute Gasteiger partial charge is 0.239 e. The van der Waals surface area contributed by atoms with Gasteiger partial charge in [-0.3, -0.25) is 4.98 Å². The number of carbonyl (C=O) groups excluding carboxylic acids is 1. The molecule has 0 aliphatic rings. The first kappa shape index (κ1) is 14.0. The Bertz CT molecular complexity index is 571. The van der Waals surface area contributed by atoms with Crippen molar-refractivity contribution in [1.82, 2.24) is 10.3 Å². The van der Waals surface area contributed by atoms with Crippen LogP contribution in [0, 0.1) is 0 Å². The Balaban J connectivity index is 1.94. The number of benzene rings is 1. The molecule has 6 nitrogen and oxygen atoms in total. The number of carboxylic acid groups (broad SMARTS) is 1. The number of hydrogen-bond donors (Lipinski definition) is 3. The topological polar surface area (TPSA) is 94.1 Å². The number of carboxylic acids is 1. The molecule has 2 aromatic rings. The van der Waals surface area contributed by atoms with Crippen LogP contribution in [0.5, 0.6) is 0 Å². The Kier molecular flexibility index (Phi) is 4.67. The van der Waals surface area contributed by atoms with E-state index >= 15 is 0 Å². The van der Waals surface area contributed by atoms with Crippen LogP contribution in [0.1, 0.15) is 5.69 Å². The summed E-state index contributed by atoms with van der Waals surface area (Å²) in [5.41, 5.74) is 1.53. The first-order valence-corrected chi connectivity index (χ1v) is 6.43. The van der Waals surface area contributed by atoms with Crippen molar-refractivity contribution in [1.29, 1.82) is 0 Å². The number of rotatable bonds is 5. The second-order valence-corrected chi connectivity index (χ2v) is 4.57. The Labute approximate surface area is 121 Å². The van der Waals surface area contributed by atoms with Crippen LogP contribution < -0.4 is 20.7 Å². The monoisotopic (exact) mass is 290 g/mol. The first-order valence-electron chi connectivity index (χ1n) is 6.02. The number of hydrogen-bond acceptors (Lipinski definition) is 3. The third kappa shape index (κ3) is 4.06. The maximum Gasteiger partial charge on any atom is 0.239 e. The van der Waals surface area contributed by atoms with Gasteiger partial charge in [0.25, 0.3) is 0 Å². The van der Waals surface area contributed by atoms with Crippen LogP contribution in [-0.2, 0) is 11.2 Å². The second-order valence-electron chi connectivity index (χ2n) is 4.17. The van der Waals surface area contributed by atoms with Crippen LogP contribution in [0.15, 0.2) is 42.9 Å². The largest absolute Gasteiger partial charge is 0.548 e. The normalized spacial score (nSPS) is 11.6. The van der Waals surface area contributed by atoms with Gasteiger partial charge in [-0.2, -0.15) is 0 Å². The number of carbonyl (C=O) groups is 1. The van der Waals surface area contributed by atoms with Gasteiger partial charge in [-0.05, 0) is 24.4 Å². The summed E-state index contributed by atoms with van der Waals surface area (Å²) in [4.78, 5) is 16.8. The number of aliphatic carboxylic acids is 1. The van der Waals surface area contributed by atoms with Crippen LogP contribution >= 0.6 is 12.2 Å². The van der Waals surface area contributed by atoms with Gasteiger partial charge in [0.2, 0.25) is 6.33 Å². The fourth-order valence-electron chi connectivity index (χ4n) is 1.70. The summed E-state index contributed by atoms with van der Waals surface area (Å²) in [7, 11) is 0. The number of aromatic amines is 2. The van der Waals surface area contributed by atoms with E-state index in [0.717, 1.165) is 11.4 Å². The number of para-hydroxylation sites is 1. The van der Waals surface area contributed by atoms with E-state index in [4.69, 9.17) is 12.2 Å². The van der Waals surface area contributed by atoms with Crippen molar-refractivity contribution >= 4 is 29.0 Å². The second kappa shape index (κ2) is 6.67. The molecule has 1 aromatic heterocycles. The van der Waals surface area contributed by atoms with Crippen LogP contribution in [0.4, 0.5) is 5.69 Å². The zero-order chi connectivity index (χ0) is 14.4. The summed E-state index contributed by atoms with van der Waals surface area (Å²) in [5.74, 6) is -1.21. The molecule has 1 aromatic carbocycles. The van der Waals surface area contributed by atoms with E-state index < -0.39 is 12.0 Å². The van der Waals surface area contributed by atoms with Crippen molar-refractivity contribution in [3.63, 3.8) is 0 Å². The number of anilines is 1. The van der Waals surface area contributed by atoms with Gasteiger partial charge in [0.05, 0.1) is 12.0 Å². The summed E-state index contributed by atoms with van der Waals surface area (Å²) >= 11 is 5.10. The molecule has 0 fully saturated rings. The van der Waals surface area contributed by atoms with E-state index in [2.05, 4.69) is 20.6 Å². The van der Waals surface area contributed by atoms with Crippen LogP contribution in [0.3, 0.4) is 0 Å². The quantitative estimate of drug-likeness (QED) is 0.644. The SMILES string of the molecule is O=C([O-])C(Cc1c[nH+]c[nH]1)NC(=S)Nc1ccccc1. The molecule has 0 amide bonds. The van der Waals surface area contributed by atoms with Crippen molar-refractivity contribution in [2.75, 3.05) is 5.32 Å². The summed E-state index contributed by atoms with van der Waals surface area (Å²) in [6.45, 7) is 0. The van der Waals surface area contributed by atoms with Gasteiger partial charge < -0.3 is 20.5 Å². The maximum absolute atomic E-state index is 11.1. The molecule has 7 heteroatoms. The van der Waals surface area contributed by atoms with Gasteiger partial charge in [0, 0.05) is 12.1 Å². The number of imidazole rings is 1. The van der Waals surface area contributed by atoms with Crippen molar-refractivity contribution in [3.05, 3.63) is 48.5 Å². The molecule has 4 N–H and O–H groups in total. The highest BCUT2D eigenvalue weighted by Crippen LogP contribution is 2.05. The molecule has 0 spiro atoms. The van der Waals surface area contributed by atoms with Crippen molar-refractivity contribution in [2.24, 2.45) is 0 Å². The predicted molar refractivity (Wildman–Crippen MR) is 75.6 cm³/mol. The molecule has 0 aliphatic carbocycles. The average molecular weight is 290 g/mol. The summed E-state index contributed by atoms with van der Waals surface area (Å²) < 4.78 is 0. The lowest BCUT2D eigenvalue weighted by Gasteiger charge is -2.20. The van der Waals surface area contributed by atoms with Crippen LogP contribution in [-0.4, -0.2) is 22.1 Å². The highest BCUT2D eigenvalue weighted by molar-refractivity contribution is 7.80. The van der Waals surface area contributed by atoms with E-state index in [1.54, 1.807) is 12.5 Å². The van der Waals surface area contributed by atoms with E-state index in [9.17, 15) is 9.90 Å². The molecule has 0 saturated carbocycles. The summed E-state index contributed by atoms with van der Waals surface area (Å²) in [6, 6.07) is 8.36. The maximum atomic E-state index is 11.1. The summed E-state index contributed by atoms with van der Waals surface area (Å²) in [6.07, 6.45) is 3.54. The first-order chi connectivity index (χ1) is 9.65. The molecule has 20 heavy (non-hydrogen) atoms. The highest BCUT2D eigenvalue weighted by atomic mass is 32.1. The lowest BCUT2D eigenvalue weighted by Crippen LogP contribution is -2.50. The minimum atomic E-state index is -1.21. The minimum absolute atomic E-state index is 0.237. The fourth-order valence-corrected chi connectivity index (χ4v) is 1.96. The lowest BCUT2D eigenvalue weighted by molar-refractivity contribution is -0.376. The molecule has 0 bridgehead atoms. The van der Waals surface area contributed by atoms with Crippen molar-refractivity contribution in [2.45, 2.75) is 12.5 Å². The van der Waals surface area contributed by atoms with E-state index in [0.29, 0.717) is 0 Å². The van der Waals surface area contributed by atoms with Crippen molar-refractivity contribution < 1.29 is 14.9 Å². The number of H-pyrrole nitrogens is 2. The Morgan fingerprint density at radius 3 is 2.75 bits per heavy atom. The minimum Gasteiger partial charge on any atom is -0.548 e.